The molecule has 0 amide bonds. The lowest BCUT2D eigenvalue weighted by Crippen LogP contribution is -2.87. The third-order valence-electron chi connectivity index (χ3n) is 26.1. The van der Waals surface area contributed by atoms with Gasteiger partial charge in [-0.05, 0) is 186 Å². The minimum Gasteiger partial charge on any atom is -0.454 e. The van der Waals surface area contributed by atoms with Crippen molar-refractivity contribution in [1.82, 2.24) is 5.32 Å². The van der Waals surface area contributed by atoms with Gasteiger partial charge in [-0.2, -0.15) is 0 Å². The van der Waals surface area contributed by atoms with Crippen LogP contribution in [0.15, 0.2) is 60.2 Å². The summed E-state index contributed by atoms with van der Waals surface area (Å²) in [6.07, 6.45) is 18.7. The molecule has 10 nitrogen and oxygen atoms in total. The van der Waals surface area contributed by atoms with Crippen molar-refractivity contribution in [2.24, 2.45) is 86.8 Å². The maximum Gasteiger partial charge on any atom is 0.331 e. The topological polar surface area (TPSA) is 166 Å². The number of rotatable bonds is 8. The minimum atomic E-state index is -2.19. The maximum absolute atomic E-state index is 15.5. The second-order valence-electron chi connectivity index (χ2n) is 28.5. The number of aliphatic hydroxyl groups excluding tert-OH is 2. The van der Waals surface area contributed by atoms with E-state index >= 15 is 15.0 Å². The number of benzene rings is 2. The Balaban J connectivity index is 0.957. The Labute approximate surface area is 457 Å². The van der Waals surface area contributed by atoms with Crippen LogP contribution in [0.25, 0.3) is 0 Å². The molecule has 10 heteroatoms. The summed E-state index contributed by atoms with van der Waals surface area (Å²) in [7, 11) is 1.96. The number of carbonyl (C=O) groups is 2. The molecule has 0 unspecified atom stereocenters. The monoisotopic (exact) mass is 1050 g/mol. The second kappa shape index (κ2) is 18.6. The summed E-state index contributed by atoms with van der Waals surface area (Å²) in [5.41, 5.74) is -4.38. The van der Waals surface area contributed by atoms with Crippen molar-refractivity contribution in [3.63, 3.8) is 0 Å². The fraction of sp³-hybridized carbons (Fsp3) is 0.731. The van der Waals surface area contributed by atoms with E-state index in [-0.39, 0.29) is 60.7 Å². The van der Waals surface area contributed by atoms with Crippen LogP contribution in [0.3, 0.4) is 0 Å². The van der Waals surface area contributed by atoms with Gasteiger partial charge in [-0.25, -0.2) is 4.79 Å². The van der Waals surface area contributed by atoms with Crippen molar-refractivity contribution in [2.45, 2.75) is 202 Å². The van der Waals surface area contributed by atoms with Crippen molar-refractivity contribution in [3.8, 4) is 11.8 Å². The third kappa shape index (κ3) is 7.05. The largest absolute Gasteiger partial charge is 0.454 e. The lowest BCUT2D eigenvalue weighted by molar-refractivity contribution is -0.390. The Bertz CT molecular complexity index is 2740. The fourth-order valence-electron chi connectivity index (χ4n) is 23.1. The second-order valence-corrected chi connectivity index (χ2v) is 28.5. The average molecular weight is 1050 g/mol. The number of esters is 1. The summed E-state index contributed by atoms with van der Waals surface area (Å²) in [4.78, 5) is 29.5. The SMILES string of the molecule is CN[C@H]1Cc2c(cccc2CO)C#CC2(CCCC2)C[C@]23CC[C@H]4[C@@](O)([C@H](O)[C@@H]5C[C@@H]([C@@H](C)C6CCCC6)CC[C@H]6[C@H]7OCC[C@H]8C[C@@H](CCc9ccccc9)C[C@]87C[C@@]4(C=O)[C@@]65O)[C@@]2(O)C[C@@H]2C[C@@H]1[C@H]1OC(=O)C=C1[C@@H]23. The molecule has 0 radical (unpaired) electrons. The van der Waals surface area contributed by atoms with Crippen LogP contribution in [-0.2, 0) is 38.5 Å². The van der Waals surface area contributed by atoms with E-state index in [9.17, 15) is 20.1 Å². The van der Waals surface area contributed by atoms with E-state index in [1.807, 2.05) is 19.2 Å². The summed E-state index contributed by atoms with van der Waals surface area (Å²) in [6, 6.07) is 16.6. The zero-order chi connectivity index (χ0) is 52.9. The van der Waals surface area contributed by atoms with Crippen LogP contribution >= 0.6 is 0 Å². The molecule has 10 fully saturated rings. The number of aliphatic hydroxyl groups is 5. The first-order valence-corrected chi connectivity index (χ1v) is 31.0. The highest BCUT2D eigenvalue weighted by Gasteiger charge is 2.87. The van der Waals surface area contributed by atoms with Crippen molar-refractivity contribution >= 4 is 12.3 Å². The lowest BCUT2D eigenvalue weighted by Gasteiger charge is -2.75. The van der Waals surface area contributed by atoms with Gasteiger partial charge in [0.25, 0.3) is 0 Å². The molecular weight excluding hydrogens is 963 g/mol. The average Bonchev–Trinajstić information content (AvgIpc) is 2.83. The summed E-state index contributed by atoms with van der Waals surface area (Å²) in [5.74, 6) is 6.01. The Kier molecular flexibility index (Phi) is 12.5. The van der Waals surface area contributed by atoms with Crippen molar-refractivity contribution < 1.29 is 44.6 Å². The minimum absolute atomic E-state index is 0.118. The van der Waals surface area contributed by atoms with Crippen molar-refractivity contribution in [2.75, 3.05) is 13.7 Å². The number of fused-ring (bicyclic) bond motifs is 5. The van der Waals surface area contributed by atoms with E-state index in [2.05, 4.69) is 60.5 Å². The van der Waals surface area contributed by atoms with E-state index in [1.54, 1.807) is 6.08 Å². The standard InChI is InChI=1S/C67H87NO9/c1-40(43-13-6-7-14-43)45-19-20-52-60-62(34-42(29-48(62)23-28-76-60)18-17-41-11-4-3-5-12-41)38-64(39-70)55-22-27-63-37-61(24-8-9-25-61)26-21-44-15-10-16-46(36-69)49(44)32-54(68-2)50-30-47(57(63)51-33-56(71)77-58(50)51)35-65(63,73)67(55,75)59(72)53(31-45)66(52,64)74/h3-5,10-12,15-16,33,39-40,42-43,45,47-48,50,52-55,57-60,68-69,72-75H,6-9,13-14,17-20,22-25,27-32,34-38H2,1-2H3/t40-,42+,45-,47-,48-,50-,52-,53-,54-,55+,57+,58+,59+,60+,62-,63-,64-,65+,66+,67+/m0/s1. The highest BCUT2D eigenvalue weighted by atomic mass is 16.5. The van der Waals surface area contributed by atoms with E-state index in [1.165, 1.54) is 31.2 Å². The number of aldehydes is 1. The van der Waals surface area contributed by atoms with Gasteiger partial charge in [0.05, 0.1) is 29.8 Å². The number of hydrogen-bond acceptors (Lipinski definition) is 10. The molecule has 414 valence electrons. The summed E-state index contributed by atoms with van der Waals surface area (Å²) >= 11 is 0. The van der Waals surface area contributed by atoms with Gasteiger partial charge in [0.1, 0.15) is 23.6 Å². The van der Waals surface area contributed by atoms with Gasteiger partial charge in [-0.15, -0.1) is 0 Å². The Morgan fingerprint density at radius 3 is 2.43 bits per heavy atom. The lowest BCUT2D eigenvalue weighted by atomic mass is 9.32. The zero-order valence-corrected chi connectivity index (χ0v) is 46.0. The van der Waals surface area contributed by atoms with Gasteiger partial charge in [-0.1, -0.05) is 99.8 Å². The highest BCUT2D eigenvalue weighted by molar-refractivity contribution is 5.86. The molecule has 2 heterocycles. The van der Waals surface area contributed by atoms with Crippen LogP contribution in [0.2, 0.25) is 0 Å². The molecule has 9 saturated carbocycles. The number of ether oxygens (including phenoxy) is 2. The molecule has 77 heavy (non-hydrogen) atoms. The van der Waals surface area contributed by atoms with E-state index in [0.29, 0.717) is 75.7 Å². The van der Waals surface area contributed by atoms with Gasteiger partial charge in [-0.3, -0.25) is 0 Å². The molecule has 4 bridgehead atoms. The van der Waals surface area contributed by atoms with Crippen LogP contribution < -0.4 is 5.32 Å². The number of likely N-dealkylation sites (N-methyl/N-ethyl adjacent to an activating group) is 1. The van der Waals surface area contributed by atoms with Gasteiger partial charge in [0, 0.05) is 64.2 Å². The molecule has 20 atom stereocenters. The third-order valence-corrected chi connectivity index (χ3v) is 26.1. The predicted molar refractivity (Wildman–Crippen MR) is 291 cm³/mol. The normalized spacial score (nSPS) is 47.4. The number of aryl methyl sites for hydroxylation is 1. The molecule has 2 aromatic carbocycles. The van der Waals surface area contributed by atoms with Crippen LogP contribution in [0.1, 0.15) is 164 Å². The maximum atomic E-state index is 15.5. The first kappa shape index (κ1) is 51.7. The van der Waals surface area contributed by atoms with E-state index in [4.69, 9.17) is 9.47 Å². The first-order chi connectivity index (χ1) is 37.2. The molecule has 13 aliphatic rings. The quantitative estimate of drug-likeness (QED) is 0.0854. The van der Waals surface area contributed by atoms with E-state index < -0.39 is 68.4 Å². The van der Waals surface area contributed by atoms with Gasteiger partial charge in [0.2, 0.25) is 0 Å². The molecular formula is C67H87NO9. The van der Waals surface area contributed by atoms with Gasteiger partial charge >= 0.3 is 5.97 Å². The molecule has 1 saturated heterocycles. The van der Waals surface area contributed by atoms with Crippen molar-refractivity contribution in [1.29, 1.82) is 0 Å². The Morgan fingerprint density at radius 1 is 0.857 bits per heavy atom. The molecule has 11 aliphatic carbocycles. The van der Waals surface area contributed by atoms with Crippen LogP contribution in [0.5, 0.6) is 0 Å². The molecule has 2 aromatic rings. The van der Waals surface area contributed by atoms with E-state index in [0.717, 1.165) is 92.8 Å². The van der Waals surface area contributed by atoms with Crippen LogP contribution in [0.4, 0.5) is 0 Å². The Morgan fingerprint density at radius 2 is 1.66 bits per heavy atom. The molecule has 3 spiro atoms. The Hall–Kier alpha value is -3.40. The number of nitrogens with one attached hydrogen (secondary N) is 1. The molecule has 2 aliphatic heterocycles. The van der Waals surface area contributed by atoms with Crippen LogP contribution in [-0.4, -0.2) is 92.6 Å². The zero-order valence-electron chi connectivity index (χ0n) is 46.0. The smallest absolute Gasteiger partial charge is 0.331 e. The van der Waals surface area contributed by atoms with Crippen molar-refractivity contribution in [3.05, 3.63) is 82.4 Å². The fourth-order valence-corrected chi connectivity index (χ4v) is 23.1. The first-order valence-electron chi connectivity index (χ1n) is 31.0. The predicted octanol–water partition coefficient (Wildman–Crippen LogP) is 8.98. The molecule has 15 rings (SSSR count). The summed E-state index contributed by atoms with van der Waals surface area (Å²) in [5, 5.41) is 73.7. The summed E-state index contributed by atoms with van der Waals surface area (Å²) in [6.45, 7) is 2.90. The van der Waals surface area contributed by atoms with Crippen LogP contribution in [0, 0.1) is 98.6 Å². The molecule has 6 N–H and O–H groups in total. The van der Waals surface area contributed by atoms with Gasteiger partial charge < -0.3 is 45.1 Å². The number of hydrogen-bond donors (Lipinski definition) is 6. The highest BCUT2D eigenvalue weighted by Crippen LogP contribution is 2.81. The summed E-state index contributed by atoms with van der Waals surface area (Å²) < 4.78 is 13.7. The molecule has 0 aromatic heterocycles. The number of carbonyl (C=O) groups excluding carboxylic acids is 2. The van der Waals surface area contributed by atoms with Gasteiger partial charge in [0.15, 0.2) is 0 Å².